The average molecular weight is 308 g/mol. The van der Waals surface area contributed by atoms with Crippen molar-refractivity contribution < 1.29 is 4.79 Å². The lowest BCUT2D eigenvalue weighted by atomic mass is 10.0. The number of carbonyl (C=O) groups is 1. The number of carbonyl (C=O) groups excluding carboxylic acids is 1. The Morgan fingerprint density at radius 1 is 1.26 bits per heavy atom. The van der Waals surface area contributed by atoms with Crippen LogP contribution in [0.1, 0.15) is 27.4 Å². The molecule has 116 valence electrons. The number of nitrogens with one attached hydrogen (secondary N) is 2. The molecule has 1 aliphatic rings. The summed E-state index contributed by atoms with van der Waals surface area (Å²) in [7, 11) is 0. The maximum atomic E-state index is 12.9. The number of hydrogen-bond acceptors (Lipinski definition) is 3. The second-order valence-electron chi connectivity index (χ2n) is 5.80. The van der Waals surface area contributed by atoms with Gasteiger partial charge in [-0.1, -0.05) is 18.2 Å². The summed E-state index contributed by atoms with van der Waals surface area (Å²) in [6.45, 7) is 2.96. The fraction of sp³-hybridized carbons (Fsp3) is 0.235. The maximum absolute atomic E-state index is 12.9. The molecule has 1 aromatic carbocycles. The van der Waals surface area contributed by atoms with Crippen LogP contribution in [0.2, 0.25) is 0 Å². The summed E-state index contributed by atoms with van der Waals surface area (Å²) in [5, 5.41) is 1.43. The van der Waals surface area contributed by atoms with Gasteiger partial charge in [0.2, 0.25) is 0 Å². The molecule has 3 heterocycles. The van der Waals surface area contributed by atoms with Crippen LogP contribution in [0.15, 0.2) is 35.4 Å². The molecule has 0 bridgehead atoms. The minimum Gasteiger partial charge on any atom is -0.347 e. The van der Waals surface area contributed by atoms with E-state index in [-0.39, 0.29) is 11.5 Å². The highest BCUT2D eigenvalue weighted by Gasteiger charge is 2.25. The molecule has 0 radical (unpaired) electrons. The molecule has 6 heteroatoms. The fourth-order valence-corrected chi connectivity index (χ4v) is 3.18. The van der Waals surface area contributed by atoms with Crippen LogP contribution in [0, 0.1) is 6.92 Å². The molecule has 4 rings (SSSR count). The van der Waals surface area contributed by atoms with Gasteiger partial charge in [-0.2, -0.15) is 0 Å². The van der Waals surface area contributed by atoms with E-state index >= 15 is 0 Å². The first kappa shape index (κ1) is 13.8. The molecule has 0 saturated heterocycles. The van der Waals surface area contributed by atoms with E-state index in [9.17, 15) is 9.59 Å². The Morgan fingerprint density at radius 3 is 2.87 bits per heavy atom. The summed E-state index contributed by atoms with van der Waals surface area (Å²) in [5.41, 5.74) is 2.93. The Hall–Kier alpha value is -2.89. The molecule has 23 heavy (non-hydrogen) atoms. The average Bonchev–Trinajstić information content (AvgIpc) is 3.05. The van der Waals surface area contributed by atoms with E-state index in [2.05, 4.69) is 15.0 Å². The van der Waals surface area contributed by atoms with Crippen LogP contribution in [-0.2, 0) is 13.0 Å². The van der Waals surface area contributed by atoms with E-state index in [1.54, 1.807) is 17.3 Å². The van der Waals surface area contributed by atoms with Gasteiger partial charge in [-0.3, -0.25) is 9.59 Å². The summed E-state index contributed by atoms with van der Waals surface area (Å²) in [4.78, 5) is 36.9. The predicted molar refractivity (Wildman–Crippen MR) is 86.3 cm³/mol. The predicted octanol–water partition coefficient (Wildman–Crippen LogP) is 1.76. The Morgan fingerprint density at radius 2 is 2.04 bits per heavy atom. The number of amides is 1. The normalized spacial score (nSPS) is 14.0. The van der Waals surface area contributed by atoms with Gasteiger partial charge in [0.25, 0.3) is 11.5 Å². The summed E-state index contributed by atoms with van der Waals surface area (Å²) >= 11 is 0. The monoisotopic (exact) mass is 308 g/mol. The number of aryl methyl sites for hydroxylation is 1. The molecular formula is C17H16N4O2. The zero-order valence-electron chi connectivity index (χ0n) is 12.7. The van der Waals surface area contributed by atoms with Gasteiger partial charge in [0.05, 0.1) is 24.3 Å². The second kappa shape index (κ2) is 5.08. The molecule has 0 unspecified atom stereocenters. The van der Waals surface area contributed by atoms with Crippen LogP contribution in [0.5, 0.6) is 0 Å². The summed E-state index contributed by atoms with van der Waals surface area (Å²) in [6, 6.07) is 7.34. The van der Waals surface area contributed by atoms with Crippen molar-refractivity contribution in [1.29, 1.82) is 0 Å². The number of aromatic amines is 2. The van der Waals surface area contributed by atoms with Crippen LogP contribution in [-0.4, -0.2) is 32.3 Å². The number of pyridine rings is 1. The smallest absolute Gasteiger partial charge is 0.271 e. The lowest BCUT2D eigenvalue weighted by molar-refractivity contribution is 0.0725. The topological polar surface area (TPSA) is 81.8 Å². The number of benzene rings is 1. The van der Waals surface area contributed by atoms with Gasteiger partial charge in [-0.05, 0) is 23.9 Å². The molecule has 0 saturated carbocycles. The van der Waals surface area contributed by atoms with E-state index in [4.69, 9.17) is 0 Å². The molecule has 0 atom stereocenters. The van der Waals surface area contributed by atoms with Gasteiger partial charge in [0.15, 0.2) is 0 Å². The van der Waals surface area contributed by atoms with Crippen LogP contribution in [0.4, 0.5) is 0 Å². The minimum atomic E-state index is -0.228. The first-order valence-corrected chi connectivity index (χ1v) is 7.57. The standard InChI is InChI=1S/C17H16N4O2/c1-10-11-4-2-3-5-12(11)16(22)20-15(10)17(23)21-7-6-13-14(8-21)19-9-18-13/h2-5,9H,6-8H2,1H3,(H,18,19)(H,20,22). The summed E-state index contributed by atoms with van der Waals surface area (Å²) < 4.78 is 0. The van der Waals surface area contributed by atoms with Crippen molar-refractivity contribution in [2.24, 2.45) is 0 Å². The first-order chi connectivity index (χ1) is 11.1. The zero-order valence-corrected chi connectivity index (χ0v) is 12.7. The molecule has 3 aromatic rings. The maximum Gasteiger partial charge on any atom is 0.271 e. The highest BCUT2D eigenvalue weighted by molar-refractivity contribution is 5.99. The highest BCUT2D eigenvalue weighted by Crippen LogP contribution is 2.21. The van der Waals surface area contributed by atoms with E-state index in [0.29, 0.717) is 24.2 Å². The Bertz CT molecular complexity index is 970. The third-order valence-electron chi connectivity index (χ3n) is 4.47. The van der Waals surface area contributed by atoms with E-state index in [1.165, 1.54) is 0 Å². The van der Waals surface area contributed by atoms with Crippen molar-refractivity contribution in [3.05, 3.63) is 63.6 Å². The SMILES string of the molecule is Cc1c(C(=O)N2CCc3nc[nH]c3C2)[nH]c(=O)c2ccccc12. The number of nitrogens with zero attached hydrogens (tertiary/aromatic N) is 2. The minimum absolute atomic E-state index is 0.148. The molecule has 1 aliphatic heterocycles. The lowest BCUT2D eigenvalue weighted by Crippen LogP contribution is -2.37. The number of fused-ring (bicyclic) bond motifs is 2. The molecule has 6 nitrogen and oxygen atoms in total. The summed E-state index contributed by atoms with van der Waals surface area (Å²) in [6.07, 6.45) is 2.38. The van der Waals surface area contributed by atoms with Crippen molar-refractivity contribution in [1.82, 2.24) is 19.9 Å². The van der Waals surface area contributed by atoms with Gasteiger partial charge in [0, 0.05) is 18.4 Å². The van der Waals surface area contributed by atoms with Crippen molar-refractivity contribution >= 4 is 16.7 Å². The van der Waals surface area contributed by atoms with Crippen LogP contribution in [0.25, 0.3) is 10.8 Å². The molecular weight excluding hydrogens is 292 g/mol. The van der Waals surface area contributed by atoms with Gasteiger partial charge < -0.3 is 14.9 Å². The Balaban J connectivity index is 1.76. The molecule has 2 N–H and O–H groups in total. The number of H-pyrrole nitrogens is 2. The van der Waals surface area contributed by atoms with Crippen molar-refractivity contribution in [3.8, 4) is 0 Å². The number of imidazole rings is 1. The van der Waals surface area contributed by atoms with Crippen LogP contribution < -0.4 is 5.56 Å². The molecule has 2 aromatic heterocycles. The second-order valence-corrected chi connectivity index (χ2v) is 5.80. The largest absolute Gasteiger partial charge is 0.347 e. The first-order valence-electron chi connectivity index (χ1n) is 7.57. The van der Waals surface area contributed by atoms with Gasteiger partial charge in [-0.15, -0.1) is 0 Å². The van der Waals surface area contributed by atoms with Gasteiger partial charge >= 0.3 is 0 Å². The van der Waals surface area contributed by atoms with E-state index in [1.807, 2.05) is 25.1 Å². The van der Waals surface area contributed by atoms with Crippen LogP contribution >= 0.6 is 0 Å². The molecule has 0 spiro atoms. The van der Waals surface area contributed by atoms with E-state index < -0.39 is 0 Å². The van der Waals surface area contributed by atoms with Crippen molar-refractivity contribution in [2.45, 2.75) is 19.9 Å². The quantitative estimate of drug-likeness (QED) is 0.718. The van der Waals surface area contributed by atoms with Gasteiger partial charge in [0.1, 0.15) is 5.69 Å². The third-order valence-corrected chi connectivity index (χ3v) is 4.47. The van der Waals surface area contributed by atoms with Crippen molar-refractivity contribution in [3.63, 3.8) is 0 Å². The number of aromatic nitrogens is 3. The number of rotatable bonds is 1. The third kappa shape index (κ3) is 2.14. The molecule has 0 fully saturated rings. The Labute approximate surface area is 132 Å². The number of hydrogen-bond donors (Lipinski definition) is 2. The highest BCUT2D eigenvalue weighted by atomic mass is 16.2. The molecule has 0 aliphatic carbocycles. The molecule has 1 amide bonds. The fourth-order valence-electron chi connectivity index (χ4n) is 3.18. The van der Waals surface area contributed by atoms with E-state index in [0.717, 1.165) is 28.8 Å². The zero-order chi connectivity index (χ0) is 16.0. The van der Waals surface area contributed by atoms with Crippen molar-refractivity contribution in [2.75, 3.05) is 6.54 Å². The van der Waals surface area contributed by atoms with Crippen LogP contribution in [0.3, 0.4) is 0 Å². The van der Waals surface area contributed by atoms with Gasteiger partial charge in [-0.25, -0.2) is 4.98 Å². The Kier molecular flexibility index (Phi) is 3.04. The summed E-state index contributed by atoms with van der Waals surface area (Å²) in [5.74, 6) is -0.148. The lowest BCUT2D eigenvalue weighted by Gasteiger charge is -2.26.